The molecule has 35 heavy (non-hydrogen) atoms. The molecule has 2 aliphatic heterocycles. The van der Waals surface area contributed by atoms with Gasteiger partial charge in [0, 0.05) is 50.9 Å². The molecule has 4 rings (SSSR count). The van der Waals surface area contributed by atoms with Gasteiger partial charge in [-0.25, -0.2) is 8.42 Å². The number of rotatable bonds is 7. The van der Waals surface area contributed by atoms with E-state index in [1.807, 2.05) is 36.1 Å². The quantitative estimate of drug-likeness (QED) is 0.555. The molecule has 0 unspecified atom stereocenters. The highest BCUT2D eigenvalue weighted by atomic mass is 35.5. The molecule has 2 saturated heterocycles. The fourth-order valence-electron chi connectivity index (χ4n) is 4.64. The number of benzene rings is 2. The molecule has 10 heteroatoms. The Morgan fingerprint density at radius 3 is 2.23 bits per heavy atom. The van der Waals surface area contributed by atoms with Crippen molar-refractivity contribution in [2.45, 2.75) is 24.7 Å². The number of carbonyl (C=O) groups excluding carboxylic acids is 1. The predicted molar refractivity (Wildman–Crippen MR) is 136 cm³/mol. The fraction of sp³-hybridized carbons (Fsp3) is 0.480. The number of amides is 1. The average Bonchev–Trinajstić information content (AvgIpc) is 2.89. The number of piperidine rings is 1. The summed E-state index contributed by atoms with van der Waals surface area (Å²) in [6.45, 7) is 5.78. The number of hydrogen-bond acceptors (Lipinski definition) is 6. The Labute approximate surface area is 212 Å². The smallest absolute Gasteiger partial charge is 0.243 e. The van der Waals surface area contributed by atoms with Crippen molar-refractivity contribution in [1.82, 2.24) is 9.21 Å². The Balaban J connectivity index is 1.30. The molecule has 0 aliphatic carbocycles. The molecule has 0 bridgehead atoms. The molecular formula is C25H32ClN3O5S. The Bertz CT molecular complexity index is 1130. The van der Waals surface area contributed by atoms with E-state index in [0.717, 1.165) is 24.5 Å². The molecular weight excluding hydrogens is 490 g/mol. The van der Waals surface area contributed by atoms with Crippen LogP contribution in [0.1, 0.15) is 19.8 Å². The summed E-state index contributed by atoms with van der Waals surface area (Å²) < 4.78 is 38.3. The van der Waals surface area contributed by atoms with Crippen molar-refractivity contribution in [3.05, 3.63) is 47.5 Å². The van der Waals surface area contributed by atoms with E-state index in [9.17, 15) is 13.2 Å². The maximum Gasteiger partial charge on any atom is 0.243 e. The molecule has 0 saturated carbocycles. The van der Waals surface area contributed by atoms with Crippen LogP contribution in [0.5, 0.6) is 11.5 Å². The molecule has 0 atom stereocenters. The van der Waals surface area contributed by atoms with Crippen LogP contribution in [0.15, 0.2) is 47.4 Å². The number of halogens is 1. The molecule has 2 fully saturated rings. The summed E-state index contributed by atoms with van der Waals surface area (Å²) in [4.78, 5) is 17.5. The van der Waals surface area contributed by atoms with Crippen LogP contribution in [-0.2, 0) is 14.8 Å². The van der Waals surface area contributed by atoms with Gasteiger partial charge in [-0.2, -0.15) is 4.31 Å². The highest BCUT2D eigenvalue weighted by Gasteiger charge is 2.35. The zero-order valence-electron chi connectivity index (χ0n) is 20.2. The number of hydrogen-bond donors (Lipinski definition) is 0. The minimum atomic E-state index is -3.68. The minimum Gasteiger partial charge on any atom is -0.497 e. The normalized spacial score (nSPS) is 17.9. The van der Waals surface area contributed by atoms with Crippen LogP contribution in [0.2, 0.25) is 5.02 Å². The topological polar surface area (TPSA) is 79.4 Å². The van der Waals surface area contributed by atoms with E-state index in [1.54, 1.807) is 13.2 Å². The Hall–Kier alpha value is -2.49. The lowest BCUT2D eigenvalue weighted by Crippen LogP contribution is -2.52. The van der Waals surface area contributed by atoms with E-state index >= 15 is 0 Å². The summed E-state index contributed by atoms with van der Waals surface area (Å²) in [5, 5.41) is 0.270. The van der Waals surface area contributed by atoms with E-state index < -0.39 is 10.0 Å². The SMILES string of the molecule is CCOc1ccc(S(=O)(=O)N2CCC(C(=O)N3CCN(c4ccc(OC)cc4)CC3)CC2)cc1Cl. The van der Waals surface area contributed by atoms with Crippen LogP contribution >= 0.6 is 11.6 Å². The van der Waals surface area contributed by atoms with Crippen molar-refractivity contribution >= 4 is 33.2 Å². The largest absolute Gasteiger partial charge is 0.497 e. The van der Waals surface area contributed by atoms with Crippen molar-refractivity contribution in [2.75, 3.05) is 57.9 Å². The van der Waals surface area contributed by atoms with Gasteiger partial charge in [0.2, 0.25) is 15.9 Å². The van der Waals surface area contributed by atoms with Crippen LogP contribution in [0.25, 0.3) is 0 Å². The molecule has 0 aromatic heterocycles. The van der Waals surface area contributed by atoms with E-state index in [2.05, 4.69) is 4.90 Å². The van der Waals surface area contributed by atoms with Crippen LogP contribution < -0.4 is 14.4 Å². The third kappa shape index (κ3) is 5.68. The van der Waals surface area contributed by atoms with Gasteiger partial charge in [-0.1, -0.05) is 11.6 Å². The van der Waals surface area contributed by atoms with Crippen molar-refractivity contribution in [3.63, 3.8) is 0 Å². The Morgan fingerprint density at radius 1 is 1.00 bits per heavy atom. The van der Waals surface area contributed by atoms with Gasteiger partial charge in [-0.15, -0.1) is 0 Å². The third-order valence-corrected chi connectivity index (χ3v) is 8.86. The van der Waals surface area contributed by atoms with Gasteiger partial charge in [-0.3, -0.25) is 4.79 Å². The zero-order valence-corrected chi connectivity index (χ0v) is 21.7. The average molecular weight is 522 g/mol. The first-order chi connectivity index (χ1) is 16.8. The predicted octanol–water partition coefficient (Wildman–Crippen LogP) is 3.50. The first-order valence-corrected chi connectivity index (χ1v) is 13.8. The second-order valence-corrected chi connectivity index (χ2v) is 11.1. The second kappa shape index (κ2) is 11.1. The zero-order chi connectivity index (χ0) is 25.0. The van der Waals surface area contributed by atoms with Gasteiger partial charge < -0.3 is 19.3 Å². The molecule has 2 heterocycles. The lowest BCUT2D eigenvalue weighted by molar-refractivity contribution is -0.137. The molecule has 0 spiro atoms. The number of piperazine rings is 1. The number of methoxy groups -OCH3 is 1. The first kappa shape index (κ1) is 25.6. The van der Waals surface area contributed by atoms with Gasteiger partial charge in [0.25, 0.3) is 0 Å². The van der Waals surface area contributed by atoms with Gasteiger partial charge in [0.05, 0.1) is 23.6 Å². The molecule has 1 amide bonds. The van der Waals surface area contributed by atoms with Crippen molar-refractivity contribution in [3.8, 4) is 11.5 Å². The number of nitrogens with zero attached hydrogens (tertiary/aromatic N) is 3. The molecule has 2 aliphatic rings. The molecule has 0 radical (unpaired) electrons. The Morgan fingerprint density at radius 2 is 1.66 bits per heavy atom. The Kier molecular flexibility index (Phi) is 8.09. The van der Waals surface area contributed by atoms with Crippen LogP contribution in [0.4, 0.5) is 5.69 Å². The van der Waals surface area contributed by atoms with Gasteiger partial charge >= 0.3 is 0 Å². The van der Waals surface area contributed by atoms with E-state index in [-0.39, 0.29) is 21.7 Å². The third-order valence-electron chi connectivity index (χ3n) is 6.67. The maximum absolute atomic E-state index is 13.1. The highest BCUT2D eigenvalue weighted by Crippen LogP contribution is 2.31. The molecule has 0 N–H and O–H groups in total. The van der Waals surface area contributed by atoms with Crippen LogP contribution in [0.3, 0.4) is 0 Å². The van der Waals surface area contributed by atoms with Gasteiger partial charge in [-0.05, 0) is 62.2 Å². The van der Waals surface area contributed by atoms with Gasteiger partial charge in [0.1, 0.15) is 11.5 Å². The maximum atomic E-state index is 13.1. The monoisotopic (exact) mass is 521 g/mol. The van der Waals surface area contributed by atoms with Crippen LogP contribution in [-0.4, -0.2) is 76.5 Å². The van der Waals surface area contributed by atoms with Gasteiger partial charge in [0.15, 0.2) is 0 Å². The van der Waals surface area contributed by atoms with Crippen molar-refractivity contribution in [2.24, 2.45) is 5.92 Å². The molecule has 8 nitrogen and oxygen atoms in total. The van der Waals surface area contributed by atoms with E-state index in [4.69, 9.17) is 21.1 Å². The first-order valence-electron chi connectivity index (χ1n) is 11.9. The lowest BCUT2D eigenvalue weighted by atomic mass is 9.96. The second-order valence-electron chi connectivity index (χ2n) is 8.71. The van der Waals surface area contributed by atoms with E-state index in [0.29, 0.717) is 51.4 Å². The standard InChI is InChI=1S/C25H32ClN3O5S/c1-3-34-24-9-8-22(18-23(24)26)35(31,32)29-12-10-19(11-13-29)25(30)28-16-14-27(15-17-28)20-4-6-21(33-2)7-5-20/h4-9,18-19H,3,10-17H2,1-2H3. The summed E-state index contributed by atoms with van der Waals surface area (Å²) in [6, 6.07) is 12.5. The highest BCUT2D eigenvalue weighted by molar-refractivity contribution is 7.89. The lowest BCUT2D eigenvalue weighted by Gasteiger charge is -2.39. The summed E-state index contributed by atoms with van der Waals surface area (Å²) in [7, 11) is -2.03. The molecule has 2 aromatic rings. The molecule has 2 aromatic carbocycles. The molecule has 190 valence electrons. The number of carbonyl (C=O) groups is 1. The number of anilines is 1. The van der Waals surface area contributed by atoms with Crippen molar-refractivity contribution in [1.29, 1.82) is 0 Å². The summed E-state index contributed by atoms with van der Waals surface area (Å²) in [5.74, 6) is 1.25. The van der Waals surface area contributed by atoms with Crippen LogP contribution in [0, 0.1) is 5.92 Å². The van der Waals surface area contributed by atoms with E-state index in [1.165, 1.54) is 16.4 Å². The number of ether oxygens (including phenoxy) is 2. The summed E-state index contributed by atoms with van der Waals surface area (Å²) in [6.07, 6.45) is 1.03. The van der Waals surface area contributed by atoms with Crippen molar-refractivity contribution < 1.29 is 22.7 Å². The minimum absolute atomic E-state index is 0.126. The summed E-state index contributed by atoms with van der Waals surface area (Å²) in [5.41, 5.74) is 1.12. The fourth-order valence-corrected chi connectivity index (χ4v) is 6.44. The number of sulfonamides is 1. The summed E-state index contributed by atoms with van der Waals surface area (Å²) >= 11 is 6.20.